The van der Waals surface area contributed by atoms with Gasteiger partial charge in [0.1, 0.15) is 30.3 Å². The third-order valence-corrected chi connectivity index (χ3v) is 6.66. The summed E-state index contributed by atoms with van der Waals surface area (Å²) in [7, 11) is 0. The Morgan fingerprint density at radius 1 is 1.03 bits per heavy atom. The molecule has 1 saturated heterocycles. The average molecular weight is 537 g/mol. The molecule has 0 N–H and O–H groups in total. The van der Waals surface area contributed by atoms with Crippen molar-refractivity contribution in [3.8, 4) is 11.4 Å². The minimum Gasteiger partial charge on any atom is -0.489 e. The Hall–Kier alpha value is -3.85. The topological polar surface area (TPSA) is 77.8 Å². The van der Waals surface area contributed by atoms with Crippen LogP contribution >= 0.6 is 11.8 Å². The zero-order chi connectivity index (χ0) is 27.6. The first-order valence-corrected chi connectivity index (χ1v) is 12.9. The zero-order valence-corrected chi connectivity index (χ0v) is 22.7. The molecule has 198 valence electrons. The summed E-state index contributed by atoms with van der Waals surface area (Å²) in [5.41, 5.74) is 3.70. The second kappa shape index (κ2) is 10.9. The number of carbonyl (C=O) groups is 3. The number of hydrogen-bond donors (Lipinski definition) is 0. The predicted molar refractivity (Wildman–Crippen MR) is 144 cm³/mol. The van der Waals surface area contributed by atoms with Crippen LogP contribution in [0.3, 0.4) is 0 Å². The van der Waals surface area contributed by atoms with E-state index in [4.69, 9.17) is 9.47 Å². The SMILES string of the molecule is Cc1cc(C=C2SC(=O)N(CC(=O)OC(C)(C)C)C2=O)c(C)n1-c1ccc(OCc2ccc(F)cc2)cc1. The number of imide groups is 1. The number of amides is 2. The van der Waals surface area contributed by atoms with Gasteiger partial charge in [-0.2, -0.15) is 0 Å². The molecule has 0 radical (unpaired) electrons. The molecular weight excluding hydrogens is 507 g/mol. The van der Waals surface area contributed by atoms with E-state index >= 15 is 0 Å². The van der Waals surface area contributed by atoms with E-state index in [9.17, 15) is 18.8 Å². The molecule has 38 heavy (non-hydrogen) atoms. The summed E-state index contributed by atoms with van der Waals surface area (Å²) in [4.78, 5) is 38.6. The fourth-order valence-corrected chi connectivity index (χ4v) is 4.88. The van der Waals surface area contributed by atoms with Crippen LogP contribution in [0.5, 0.6) is 5.75 Å². The first-order chi connectivity index (χ1) is 17.9. The standard InChI is InChI=1S/C29H29FN2O5S/c1-18-14-21(15-25-27(34)31(28(35)38-25)16-26(33)37-29(3,4)5)19(2)32(18)23-10-12-24(13-11-23)36-17-20-6-8-22(30)9-7-20/h6-15H,16-17H2,1-5H3. The molecule has 1 aliphatic heterocycles. The Morgan fingerprint density at radius 3 is 2.32 bits per heavy atom. The van der Waals surface area contributed by atoms with Crippen molar-refractivity contribution < 1.29 is 28.2 Å². The van der Waals surface area contributed by atoms with E-state index in [1.54, 1.807) is 39.0 Å². The molecule has 3 aromatic rings. The van der Waals surface area contributed by atoms with Gasteiger partial charge in [0.2, 0.25) is 0 Å². The van der Waals surface area contributed by atoms with Crippen molar-refractivity contribution >= 4 is 35.0 Å². The molecule has 2 aromatic carbocycles. The van der Waals surface area contributed by atoms with E-state index in [1.165, 1.54) is 12.1 Å². The van der Waals surface area contributed by atoms with Crippen LogP contribution in [0.4, 0.5) is 9.18 Å². The van der Waals surface area contributed by atoms with E-state index in [0.717, 1.165) is 44.9 Å². The van der Waals surface area contributed by atoms with Gasteiger partial charge >= 0.3 is 5.97 Å². The minimum absolute atomic E-state index is 0.253. The number of aromatic nitrogens is 1. The van der Waals surface area contributed by atoms with Gasteiger partial charge in [-0.15, -0.1) is 0 Å². The molecule has 1 fully saturated rings. The number of benzene rings is 2. The van der Waals surface area contributed by atoms with Gasteiger partial charge in [0.05, 0.1) is 4.91 Å². The molecule has 2 heterocycles. The molecule has 0 atom stereocenters. The summed E-state index contributed by atoms with van der Waals surface area (Å²) in [5, 5.41) is -0.503. The lowest BCUT2D eigenvalue weighted by Gasteiger charge is -2.21. The third kappa shape index (κ3) is 6.34. The smallest absolute Gasteiger partial charge is 0.326 e. The summed E-state index contributed by atoms with van der Waals surface area (Å²) in [5.74, 6) is -0.756. The number of nitrogens with zero attached hydrogens (tertiary/aromatic N) is 2. The summed E-state index contributed by atoms with van der Waals surface area (Å²) < 4.78 is 26.2. The van der Waals surface area contributed by atoms with Crippen LogP contribution in [0.2, 0.25) is 0 Å². The maximum Gasteiger partial charge on any atom is 0.326 e. The van der Waals surface area contributed by atoms with Crippen LogP contribution in [0.1, 0.15) is 43.3 Å². The Bertz CT molecular complexity index is 1400. The van der Waals surface area contributed by atoms with Crippen molar-refractivity contribution in [1.29, 1.82) is 0 Å². The van der Waals surface area contributed by atoms with Gasteiger partial charge in [0.25, 0.3) is 11.1 Å². The summed E-state index contributed by atoms with van der Waals surface area (Å²) in [6.45, 7) is 8.97. The Kier molecular flexibility index (Phi) is 7.78. The monoisotopic (exact) mass is 536 g/mol. The van der Waals surface area contributed by atoms with Crippen molar-refractivity contribution in [2.45, 2.75) is 46.8 Å². The normalized spacial score (nSPS) is 14.9. The molecule has 1 aromatic heterocycles. The maximum absolute atomic E-state index is 13.1. The molecular formula is C29H29FN2O5S. The molecule has 2 amide bonds. The Balaban J connectivity index is 1.47. The van der Waals surface area contributed by atoms with Crippen LogP contribution in [0.15, 0.2) is 59.5 Å². The first kappa shape index (κ1) is 27.2. The first-order valence-electron chi connectivity index (χ1n) is 12.0. The van der Waals surface area contributed by atoms with Crippen LogP contribution < -0.4 is 4.74 Å². The minimum atomic E-state index is -0.709. The Labute approximate surface area is 225 Å². The molecule has 0 bridgehead atoms. The van der Waals surface area contributed by atoms with Crippen LogP contribution in [-0.4, -0.2) is 38.7 Å². The highest BCUT2D eigenvalue weighted by Crippen LogP contribution is 2.34. The average Bonchev–Trinajstić information content (AvgIpc) is 3.27. The predicted octanol–water partition coefficient (Wildman–Crippen LogP) is 6.19. The Morgan fingerprint density at radius 2 is 1.68 bits per heavy atom. The van der Waals surface area contributed by atoms with Crippen LogP contribution in [-0.2, 0) is 20.9 Å². The lowest BCUT2D eigenvalue weighted by molar-refractivity contribution is -0.156. The van der Waals surface area contributed by atoms with Crippen molar-refractivity contribution in [3.63, 3.8) is 0 Å². The third-order valence-electron chi connectivity index (χ3n) is 5.75. The van der Waals surface area contributed by atoms with Gasteiger partial charge in [-0.25, -0.2) is 4.39 Å². The fourth-order valence-electron chi connectivity index (χ4n) is 4.05. The van der Waals surface area contributed by atoms with Crippen molar-refractivity contribution in [1.82, 2.24) is 9.47 Å². The van der Waals surface area contributed by atoms with Crippen molar-refractivity contribution in [2.24, 2.45) is 0 Å². The molecule has 0 saturated carbocycles. The van der Waals surface area contributed by atoms with Crippen LogP contribution in [0.25, 0.3) is 11.8 Å². The van der Waals surface area contributed by atoms with E-state index in [-0.39, 0.29) is 10.7 Å². The molecule has 4 rings (SSSR count). The van der Waals surface area contributed by atoms with E-state index in [2.05, 4.69) is 0 Å². The maximum atomic E-state index is 13.1. The van der Waals surface area contributed by atoms with Gasteiger partial charge in [0, 0.05) is 17.1 Å². The zero-order valence-electron chi connectivity index (χ0n) is 21.9. The van der Waals surface area contributed by atoms with E-state index in [0.29, 0.717) is 12.4 Å². The number of halogens is 1. The highest BCUT2D eigenvalue weighted by atomic mass is 32.2. The van der Waals surface area contributed by atoms with Gasteiger partial charge in [-0.3, -0.25) is 19.3 Å². The number of carbonyl (C=O) groups excluding carboxylic acids is 3. The highest BCUT2D eigenvalue weighted by Gasteiger charge is 2.37. The molecule has 9 heteroatoms. The second-order valence-corrected chi connectivity index (χ2v) is 10.9. The lowest BCUT2D eigenvalue weighted by Crippen LogP contribution is -2.37. The molecule has 0 unspecified atom stereocenters. The second-order valence-electron chi connectivity index (χ2n) is 9.93. The number of aryl methyl sites for hydroxylation is 1. The largest absolute Gasteiger partial charge is 0.489 e. The number of thioether (sulfide) groups is 1. The number of ether oxygens (including phenoxy) is 2. The van der Waals surface area contributed by atoms with Crippen molar-refractivity contribution in [3.05, 3.63) is 87.8 Å². The quantitative estimate of drug-likeness (QED) is 0.265. The van der Waals surface area contributed by atoms with Gasteiger partial charge < -0.3 is 14.0 Å². The number of rotatable bonds is 7. The summed E-state index contributed by atoms with van der Waals surface area (Å²) >= 11 is 0.807. The van der Waals surface area contributed by atoms with Crippen LogP contribution in [0, 0.1) is 19.7 Å². The summed E-state index contributed by atoms with van der Waals surface area (Å²) in [6.07, 6.45) is 1.68. The lowest BCUT2D eigenvalue weighted by atomic mass is 10.2. The number of esters is 1. The van der Waals surface area contributed by atoms with Crippen molar-refractivity contribution in [2.75, 3.05) is 6.54 Å². The molecule has 0 aliphatic carbocycles. The van der Waals surface area contributed by atoms with E-state index in [1.807, 2.05) is 48.7 Å². The van der Waals surface area contributed by atoms with Gasteiger partial charge in [-0.05, 0) is 106 Å². The number of hydrogen-bond acceptors (Lipinski definition) is 6. The summed E-state index contributed by atoms with van der Waals surface area (Å²) in [6, 6.07) is 15.7. The van der Waals surface area contributed by atoms with Gasteiger partial charge in [0.15, 0.2) is 0 Å². The molecule has 1 aliphatic rings. The molecule has 7 nitrogen and oxygen atoms in total. The molecule has 0 spiro atoms. The highest BCUT2D eigenvalue weighted by molar-refractivity contribution is 8.18. The van der Waals surface area contributed by atoms with E-state index < -0.39 is 29.3 Å². The van der Waals surface area contributed by atoms with Gasteiger partial charge in [-0.1, -0.05) is 12.1 Å². The fraction of sp³-hybridized carbons (Fsp3) is 0.276.